The number of carbonyl (C=O) groups is 3. The van der Waals surface area contributed by atoms with Gasteiger partial charge in [-0.05, 0) is 24.6 Å². The zero-order chi connectivity index (χ0) is 19.2. The number of amides is 2. The van der Waals surface area contributed by atoms with Crippen molar-refractivity contribution in [3.05, 3.63) is 23.8 Å². The van der Waals surface area contributed by atoms with Crippen LogP contribution in [0.25, 0.3) is 10.2 Å². The zero-order valence-corrected chi connectivity index (χ0v) is 15.6. The minimum absolute atomic E-state index is 0.0607. The Bertz CT molecular complexity index is 894. The van der Waals surface area contributed by atoms with Gasteiger partial charge in [-0.2, -0.15) is 0 Å². The number of aldehydes is 1. The predicted octanol–water partition coefficient (Wildman–Crippen LogP) is 0.445. The molecule has 10 heteroatoms. The monoisotopic (exact) mass is 388 g/mol. The number of hydrogen-bond donors (Lipinski definition) is 3. The Labute approximate surface area is 159 Å². The second-order valence-corrected chi connectivity index (χ2v) is 7.06. The van der Waals surface area contributed by atoms with Gasteiger partial charge in [0, 0.05) is 25.7 Å². The summed E-state index contributed by atoms with van der Waals surface area (Å²) >= 11 is 1.28. The number of nitrogens with zero attached hydrogens (tertiary/aromatic N) is 3. The lowest BCUT2D eigenvalue weighted by atomic mass is 10.2. The first-order chi connectivity index (χ1) is 13.0. The van der Waals surface area contributed by atoms with Crippen LogP contribution in [0.15, 0.2) is 23.2 Å². The molecule has 1 aliphatic rings. The van der Waals surface area contributed by atoms with Crippen LogP contribution in [-0.2, 0) is 9.59 Å². The van der Waals surface area contributed by atoms with Gasteiger partial charge in [0.2, 0.25) is 11.8 Å². The van der Waals surface area contributed by atoms with E-state index in [0.717, 1.165) is 30.5 Å². The Hall–Kier alpha value is -3.01. The number of aliphatic imine (C=N–C) groups is 1. The molecule has 142 valence electrons. The number of likely N-dealkylation sites (N-methyl/N-ethyl adjacent to an activating group) is 1. The van der Waals surface area contributed by atoms with Crippen molar-refractivity contribution in [2.75, 3.05) is 38.5 Å². The average Bonchev–Trinajstić information content (AvgIpc) is 3.07. The zero-order valence-electron chi connectivity index (χ0n) is 14.8. The summed E-state index contributed by atoms with van der Waals surface area (Å²) in [6.45, 7) is 1.54. The van der Waals surface area contributed by atoms with E-state index >= 15 is 0 Å². The largest absolute Gasteiger partial charge is 0.356 e. The number of guanidine groups is 1. The predicted molar refractivity (Wildman–Crippen MR) is 104 cm³/mol. The van der Waals surface area contributed by atoms with Gasteiger partial charge in [-0.25, -0.2) is 4.98 Å². The summed E-state index contributed by atoms with van der Waals surface area (Å²) in [6, 6.07) is 5.12. The number of hydrogen-bond acceptors (Lipinski definition) is 8. The molecule has 0 bridgehead atoms. The minimum atomic E-state index is -0.339. The van der Waals surface area contributed by atoms with Crippen LogP contribution in [0.3, 0.4) is 0 Å². The van der Waals surface area contributed by atoms with Crippen LogP contribution in [-0.4, -0.2) is 67.2 Å². The van der Waals surface area contributed by atoms with E-state index in [1.54, 1.807) is 25.2 Å². The summed E-state index contributed by atoms with van der Waals surface area (Å²) in [4.78, 5) is 45.0. The lowest BCUT2D eigenvalue weighted by molar-refractivity contribution is -0.132. The highest BCUT2D eigenvalue weighted by molar-refractivity contribution is 7.22. The van der Waals surface area contributed by atoms with Crippen LogP contribution >= 0.6 is 11.3 Å². The summed E-state index contributed by atoms with van der Waals surface area (Å²) in [6.07, 6.45) is 1.74. The van der Waals surface area contributed by atoms with E-state index < -0.39 is 0 Å². The van der Waals surface area contributed by atoms with Crippen LogP contribution in [0, 0.1) is 0 Å². The molecule has 0 saturated carbocycles. The number of carbonyl (C=O) groups excluding carboxylic acids is 3. The molecule has 0 atom stereocenters. The van der Waals surface area contributed by atoms with E-state index in [4.69, 9.17) is 0 Å². The Kier molecular flexibility index (Phi) is 5.97. The van der Waals surface area contributed by atoms with Crippen LogP contribution in [0.5, 0.6) is 0 Å². The summed E-state index contributed by atoms with van der Waals surface area (Å²) in [5.74, 6) is 0.0467. The van der Waals surface area contributed by atoms with Crippen molar-refractivity contribution >= 4 is 50.7 Å². The minimum Gasteiger partial charge on any atom is -0.356 e. The molecule has 0 unspecified atom stereocenters. The highest BCUT2D eigenvalue weighted by atomic mass is 32.1. The van der Waals surface area contributed by atoms with Crippen LogP contribution in [0.1, 0.15) is 16.8 Å². The molecule has 1 aromatic heterocycles. The quantitative estimate of drug-likeness (QED) is 0.619. The van der Waals surface area contributed by atoms with Crippen LogP contribution in [0.2, 0.25) is 0 Å². The number of aromatic nitrogens is 1. The van der Waals surface area contributed by atoms with Crippen molar-refractivity contribution in [1.29, 1.82) is 0 Å². The van der Waals surface area contributed by atoms with Gasteiger partial charge >= 0.3 is 0 Å². The van der Waals surface area contributed by atoms with E-state index in [2.05, 4.69) is 25.9 Å². The maximum Gasteiger partial charge on any atom is 0.245 e. The van der Waals surface area contributed by atoms with E-state index in [1.807, 2.05) is 0 Å². The third kappa shape index (κ3) is 5.00. The van der Waals surface area contributed by atoms with E-state index in [-0.39, 0.29) is 24.9 Å². The number of anilines is 1. The maximum absolute atomic E-state index is 12.2. The van der Waals surface area contributed by atoms with Crippen molar-refractivity contribution in [1.82, 2.24) is 20.5 Å². The second kappa shape index (κ2) is 8.58. The number of benzene rings is 1. The van der Waals surface area contributed by atoms with Crippen LogP contribution < -0.4 is 16.0 Å². The lowest BCUT2D eigenvalue weighted by Crippen LogP contribution is -2.46. The first-order valence-corrected chi connectivity index (χ1v) is 9.28. The highest BCUT2D eigenvalue weighted by Gasteiger charge is 2.15. The molecule has 0 aliphatic carbocycles. The van der Waals surface area contributed by atoms with E-state index in [0.29, 0.717) is 22.2 Å². The summed E-state index contributed by atoms with van der Waals surface area (Å²) in [7, 11) is 1.56. The van der Waals surface area contributed by atoms with Crippen molar-refractivity contribution in [2.45, 2.75) is 6.42 Å². The fraction of sp³-hybridized carbons (Fsp3) is 0.353. The first-order valence-electron chi connectivity index (χ1n) is 8.47. The molecule has 27 heavy (non-hydrogen) atoms. The molecule has 0 radical (unpaired) electrons. The Morgan fingerprint density at radius 2 is 2.26 bits per heavy atom. The molecule has 1 aromatic carbocycles. The Balaban J connectivity index is 1.51. The molecule has 3 rings (SSSR count). The molecule has 2 aromatic rings. The SMILES string of the molecule is CN(CC(=O)Nc1nc2ccc(C=O)cc2s1)C(=O)CNC1=NCCCN1. The van der Waals surface area contributed by atoms with Gasteiger partial charge in [0.25, 0.3) is 0 Å². The number of nitrogens with one attached hydrogen (secondary N) is 3. The molecule has 1 aliphatic heterocycles. The highest BCUT2D eigenvalue weighted by Crippen LogP contribution is 2.26. The smallest absolute Gasteiger partial charge is 0.245 e. The molecule has 0 saturated heterocycles. The van der Waals surface area contributed by atoms with Crippen LogP contribution in [0.4, 0.5) is 5.13 Å². The van der Waals surface area contributed by atoms with Crippen molar-refractivity contribution in [3.8, 4) is 0 Å². The first kappa shape index (κ1) is 18.8. The summed E-state index contributed by atoms with van der Waals surface area (Å²) in [5, 5.41) is 9.12. The molecule has 0 spiro atoms. The van der Waals surface area contributed by atoms with Gasteiger partial charge in [-0.3, -0.25) is 19.4 Å². The number of rotatable bonds is 6. The topological polar surface area (TPSA) is 116 Å². The molecule has 3 N–H and O–H groups in total. The fourth-order valence-electron chi connectivity index (χ4n) is 2.48. The molecule has 0 fully saturated rings. The van der Waals surface area contributed by atoms with Gasteiger partial charge in [0.05, 0.1) is 23.3 Å². The number of fused-ring (bicyclic) bond motifs is 1. The van der Waals surface area contributed by atoms with E-state index in [1.165, 1.54) is 16.2 Å². The van der Waals surface area contributed by atoms with Crippen molar-refractivity contribution in [2.24, 2.45) is 4.99 Å². The molecular weight excluding hydrogens is 368 g/mol. The molecule has 2 heterocycles. The Morgan fingerprint density at radius 1 is 1.41 bits per heavy atom. The standard InChI is InChI=1S/C17H20N6O3S/c1-23(15(26)8-20-16-18-5-2-6-19-16)9-14(25)22-17-21-12-4-3-11(10-24)7-13(12)27-17/h3-4,7,10H,2,5-6,8-9H2,1H3,(H2,18,19,20)(H,21,22,25). The Morgan fingerprint density at radius 3 is 3.00 bits per heavy atom. The normalized spacial score (nSPS) is 13.4. The fourth-order valence-corrected chi connectivity index (χ4v) is 3.41. The van der Waals surface area contributed by atoms with Gasteiger partial charge in [-0.1, -0.05) is 11.3 Å². The molecule has 2 amide bonds. The molecular formula is C17H20N6O3S. The summed E-state index contributed by atoms with van der Waals surface area (Å²) in [5.41, 5.74) is 1.26. The third-order valence-electron chi connectivity index (χ3n) is 3.91. The van der Waals surface area contributed by atoms with Gasteiger partial charge in [0.15, 0.2) is 11.1 Å². The van der Waals surface area contributed by atoms with Crippen molar-refractivity contribution in [3.63, 3.8) is 0 Å². The van der Waals surface area contributed by atoms with Gasteiger partial charge in [0.1, 0.15) is 6.29 Å². The second-order valence-electron chi connectivity index (χ2n) is 6.03. The average molecular weight is 388 g/mol. The van der Waals surface area contributed by atoms with E-state index in [9.17, 15) is 14.4 Å². The summed E-state index contributed by atoms with van der Waals surface area (Å²) < 4.78 is 0.810. The van der Waals surface area contributed by atoms with Gasteiger partial charge in [-0.15, -0.1) is 0 Å². The third-order valence-corrected chi connectivity index (χ3v) is 4.84. The lowest BCUT2D eigenvalue weighted by Gasteiger charge is -2.19. The maximum atomic E-state index is 12.2. The molecule has 9 nitrogen and oxygen atoms in total. The van der Waals surface area contributed by atoms with Gasteiger partial charge < -0.3 is 20.9 Å². The number of thiazole rings is 1. The van der Waals surface area contributed by atoms with Crippen molar-refractivity contribution < 1.29 is 14.4 Å².